The number of urea groups is 1. The van der Waals surface area contributed by atoms with Crippen molar-refractivity contribution in [3.8, 4) is 0 Å². The topological polar surface area (TPSA) is 180 Å². The van der Waals surface area contributed by atoms with Gasteiger partial charge in [-0.2, -0.15) is 0 Å². The minimum Gasteiger partial charge on any atom is -0.444 e. The van der Waals surface area contributed by atoms with Crippen molar-refractivity contribution in [1.82, 2.24) is 25.8 Å². The number of ketones is 1. The molecule has 0 aromatic heterocycles. The van der Waals surface area contributed by atoms with Gasteiger partial charge in [0.15, 0.2) is 0 Å². The Bertz CT molecular complexity index is 1220. The van der Waals surface area contributed by atoms with E-state index in [0.29, 0.717) is 38.9 Å². The third-order valence-corrected chi connectivity index (χ3v) is 7.89. The second-order valence-corrected chi connectivity index (χ2v) is 13.2. The summed E-state index contributed by atoms with van der Waals surface area (Å²) in [6.07, 6.45) is 1.28. The fourth-order valence-corrected chi connectivity index (χ4v) is 5.60. The molecule has 0 aliphatic carbocycles. The van der Waals surface area contributed by atoms with Crippen LogP contribution >= 0.6 is 0 Å². The smallest absolute Gasteiger partial charge is 0.410 e. The Balaban J connectivity index is 1.77. The molecule has 1 aromatic rings. The zero-order valence-corrected chi connectivity index (χ0v) is 27.0. The van der Waals surface area contributed by atoms with E-state index in [9.17, 15) is 28.8 Å². The normalized spacial score (nSPS) is 18.5. The van der Waals surface area contributed by atoms with Gasteiger partial charge < -0.3 is 36.2 Å². The molecule has 3 unspecified atom stereocenters. The summed E-state index contributed by atoms with van der Waals surface area (Å²) in [6, 6.07) is 6.44. The van der Waals surface area contributed by atoms with Crippen molar-refractivity contribution >= 4 is 35.6 Å². The lowest BCUT2D eigenvalue weighted by Crippen LogP contribution is -2.58. The van der Waals surface area contributed by atoms with Crippen molar-refractivity contribution in [1.29, 1.82) is 0 Å². The van der Waals surface area contributed by atoms with Crippen LogP contribution < -0.4 is 21.7 Å². The summed E-state index contributed by atoms with van der Waals surface area (Å²) in [4.78, 5) is 80.1. The van der Waals surface area contributed by atoms with Gasteiger partial charge in [-0.3, -0.25) is 19.2 Å². The molecule has 3 rings (SSSR count). The first-order chi connectivity index (χ1) is 21.1. The third kappa shape index (κ3) is 10.8. The van der Waals surface area contributed by atoms with Crippen LogP contribution in [0, 0.1) is 11.8 Å². The first-order valence-electron chi connectivity index (χ1n) is 15.6. The van der Waals surface area contributed by atoms with Gasteiger partial charge in [-0.1, -0.05) is 44.2 Å². The molecule has 13 nitrogen and oxygen atoms in total. The molecule has 45 heavy (non-hydrogen) atoms. The monoisotopic (exact) mass is 628 g/mol. The maximum Gasteiger partial charge on any atom is 0.410 e. The van der Waals surface area contributed by atoms with E-state index in [4.69, 9.17) is 10.5 Å². The lowest BCUT2D eigenvalue weighted by molar-refractivity contribution is -0.139. The van der Waals surface area contributed by atoms with Crippen molar-refractivity contribution in [3.05, 3.63) is 35.9 Å². The van der Waals surface area contributed by atoms with Crippen LogP contribution in [0.2, 0.25) is 0 Å². The number of nitrogens with two attached hydrogens (primary N) is 1. The first-order valence-corrected chi connectivity index (χ1v) is 15.6. The van der Waals surface area contributed by atoms with E-state index in [1.807, 2.05) is 65.0 Å². The average molecular weight is 629 g/mol. The largest absolute Gasteiger partial charge is 0.444 e. The van der Waals surface area contributed by atoms with Crippen LogP contribution in [-0.4, -0.2) is 88.8 Å². The fraction of sp³-hybridized carbons (Fsp3) is 0.625. The maximum atomic E-state index is 13.9. The van der Waals surface area contributed by atoms with E-state index < -0.39 is 53.3 Å². The molecule has 13 heteroatoms. The number of likely N-dealkylation sites (tertiary alicyclic amines) is 1. The van der Waals surface area contributed by atoms with Gasteiger partial charge >= 0.3 is 12.1 Å². The Hall–Kier alpha value is -4.16. The number of carbonyl (C=O) groups excluding carboxylic acids is 6. The zero-order valence-electron chi connectivity index (χ0n) is 27.0. The molecule has 5 N–H and O–H groups in total. The van der Waals surface area contributed by atoms with Crippen molar-refractivity contribution in [2.45, 2.75) is 97.0 Å². The molecular formula is C32H48N6O7. The van der Waals surface area contributed by atoms with Gasteiger partial charge in [-0.15, -0.1) is 0 Å². The van der Waals surface area contributed by atoms with Crippen molar-refractivity contribution < 1.29 is 33.5 Å². The summed E-state index contributed by atoms with van der Waals surface area (Å²) in [5, 5.41) is 8.15. The van der Waals surface area contributed by atoms with E-state index in [2.05, 4.69) is 16.0 Å². The number of piperidine rings is 1. The summed E-state index contributed by atoms with van der Waals surface area (Å²) in [5.74, 6) is -3.67. The summed E-state index contributed by atoms with van der Waals surface area (Å²) >= 11 is 0. The lowest BCUT2D eigenvalue weighted by atomic mass is 9.94. The third-order valence-electron chi connectivity index (χ3n) is 7.89. The van der Waals surface area contributed by atoms with E-state index in [0.717, 1.165) is 5.56 Å². The molecule has 2 aliphatic heterocycles. The number of Topliss-reactive ketones (excluding diaryl/α,β-unsaturated/α-hetero) is 1. The lowest BCUT2D eigenvalue weighted by Gasteiger charge is -2.39. The second kappa shape index (κ2) is 15.7. The Morgan fingerprint density at radius 2 is 1.67 bits per heavy atom. The van der Waals surface area contributed by atoms with E-state index in [1.54, 1.807) is 9.80 Å². The minimum atomic E-state index is -1.30. The van der Waals surface area contributed by atoms with Crippen LogP contribution in [0.1, 0.15) is 72.3 Å². The van der Waals surface area contributed by atoms with Gasteiger partial charge in [-0.25, -0.2) is 9.59 Å². The van der Waals surface area contributed by atoms with Crippen LogP contribution in [0.4, 0.5) is 9.59 Å². The molecule has 2 saturated heterocycles. The van der Waals surface area contributed by atoms with E-state index in [-0.39, 0.29) is 37.3 Å². The van der Waals surface area contributed by atoms with Gasteiger partial charge in [-0.05, 0) is 64.4 Å². The number of primary amides is 1. The van der Waals surface area contributed by atoms with Crippen LogP contribution in [-0.2, 0) is 30.5 Å². The molecule has 0 saturated carbocycles. The molecule has 0 spiro atoms. The highest BCUT2D eigenvalue weighted by molar-refractivity contribution is 6.37. The second-order valence-electron chi connectivity index (χ2n) is 13.2. The fourth-order valence-electron chi connectivity index (χ4n) is 5.60. The number of carbonyl (C=O) groups is 6. The highest BCUT2D eigenvalue weighted by Crippen LogP contribution is 2.22. The number of hydrogen-bond acceptors (Lipinski definition) is 7. The van der Waals surface area contributed by atoms with E-state index in [1.165, 1.54) is 0 Å². The van der Waals surface area contributed by atoms with Crippen molar-refractivity contribution in [3.63, 3.8) is 0 Å². The zero-order chi connectivity index (χ0) is 33.3. The van der Waals surface area contributed by atoms with Gasteiger partial charge in [0.05, 0.1) is 6.04 Å². The van der Waals surface area contributed by atoms with Crippen LogP contribution in [0.5, 0.6) is 0 Å². The molecular weight excluding hydrogens is 580 g/mol. The van der Waals surface area contributed by atoms with Crippen molar-refractivity contribution in [2.24, 2.45) is 17.6 Å². The highest BCUT2D eigenvalue weighted by Gasteiger charge is 2.37. The quantitative estimate of drug-likeness (QED) is 0.256. The minimum absolute atomic E-state index is 0.00778. The number of nitrogens with one attached hydrogen (secondary N) is 3. The highest BCUT2D eigenvalue weighted by atomic mass is 16.6. The number of ether oxygens (including phenoxy) is 1. The molecule has 6 amide bonds. The van der Waals surface area contributed by atoms with E-state index >= 15 is 0 Å². The van der Waals surface area contributed by atoms with Gasteiger partial charge in [0.2, 0.25) is 17.6 Å². The molecule has 2 heterocycles. The predicted molar refractivity (Wildman–Crippen MR) is 166 cm³/mol. The average Bonchev–Trinajstić information content (AvgIpc) is 3.38. The summed E-state index contributed by atoms with van der Waals surface area (Å²) in [6.45, 7) is 10.7. The molecule has 2 fully saturated rings. The predicted octanol–water partition coefficient (Wildman–Crippen LogP) is 2.08. The van der Waals surface area contributed by atoms with Gasteiger partial charge in [0.1, 0.15) is 11.6 Å². The Morgan fingerprint density at radius 3 is 2.20 bits per heavy atom. The number of hydrogen-bond donors (Lipinski definition) is 4. The van der Waals surface area contributed by atoms with Gasteiger partial charge in [0, 0.05) is 38.1 Å². The molecule has 248 valence electrons. The number of rotatable bonds is 12. The SMILES string of the molecule is CC(C)CC(NC(=O)N(Cc1ccccc1)C1CCN(C(=O)OC(C)(C)C)CC1)C(=O)NC(CC1CCNC1=O)C(=O)C(N)=O. The Labute approximate surface area is 265 Å². The summed E-state index contributed by atoms with van der Waals surface area (Å²) < 4.78 is 5.52. The molecule has 1 aromatic carbocycles. The Morgan fingerprint density at radius 1 is 1.02 bits per heavy atom. The number of nitrogens with zero attached hydrogens (tertiary/aromatic N) is 2. The summed E-state index contributed by atoms with van der Waals surface area (Å²) in [5.41, 5.74) is 5.54. The molecule has 0 bridgehead atoms. The maximum absolute atomic E-state index is 13.9. The van der Waals surface area contributed by atoms with Crippen LogP contribution in [0.3, 0.4) is 0 Å². The number of amides is 6. The molecule has 3 atom stereocenters. The van der Waals surface area contributed by atoms with Gasteiger partial charge in [0.25, 0.3) is 5.91 Å². The molecule has 0 radical (unpaired) electrons. The Kier molecular flexibility index (Phi) is 12.3. The molecule has 2 aliphatic rings. The first kappa shape index (κ1) is 35.3. The summed E-state index contributed by atoms with van der Waals surface area (Å²) in [7, 11) is 0. The van der Waals surface area contributed by atoms with Crippen molar-refractivity contribution in [2.75, 3.05) is 19.6 Å². The number of benzene rings is 1. The van der Waals surface area contributed by atoms with Crippen LogP contribution in [0.25, 0.3) is 0 Å². The van der Waals surface area contributed by atoms with Crippen LogP contribution in [0.15, 0.2) is 30.3 Å². The standard InChI is InChI=1S/C32H48N6O7/c1-20(2)17-25(29(42)35-24(26(39)27(33)40)18-22-11-14-34-28(22)41)36-30(43)38(19-21-9-7-6-8-10-21)23-12-15-37(16-13-23)31(44)45-32(3,4)5/h6-10,20,22-25H,11-19H2,1-5H3,(H2,33,40)(H,34,41)(H,35,42)(H,36,43).